The maximum Gasteiger partial charge on any atom is 0.254 e. The van der Waals surface area contributed by atoms with E-state index in [0.29, 0.717) is 48.1 Å². The van der Waals surface area contributed by atoms with Gasteiger partial charge in [-0.25, -0.2) is 4.98 Å². The van der Waals surface area contributed by atoms with Crippen molar-refractivity contribution in [2.24, 2.45) is 5.41 Å². The van der Waals surface area contributed by atoms with E-state index < -0.39 is 29.5 Å². The van der Waals surface area contributed by atoms with Gasteiger partial charge in [-0.1, -0.05) is 56.6 Å². The number of aromatic nitrogens is 1. The number of fused-ring (bicyclic) bond motifs is 2. The maximum absolute atomic E-state index is 14.2. The smallest absolute Gasteiger partial charge is 0.254 e. The number of aryl methyl sites for hydroxylation is 1. The van der Waals surface area contributed by atoms with Gasteiger partial charge in [-0.05, 0) is 72.7 Å². The molecule has 16 heteroatoms. The van der Waals surface area contributed by atoms with Crippen LogP contribution in [0.5, 0.6) is 5.75 Å². The van der Waals surface area contributed by atoms with Crippen LogP contribution >= 0.6 is 22.9 Å². The lowest BCUT2D eigenvalue weighted by Crippen LogP contribution is -2.59. The number of aliphatic hydroxyl groups is 1. The van der Waals surface area contributed by atoms with E-state index >= 15 is 0 Å². The number of likely N-dealkylation sites (tertiary alicyclic amines) is 1. The second-order valence-corrected chi connectivity index (χ2v) is 20.1. The van der Waals surface area contributed by atoms with Gasteiger partial charge in [0.1, 0.15) is 30.0 Å². The lowest BCUT2D eigenvalue weighted by molar-refractivity contribution is -0.144. The number of carbonyl (C=O) groups is 4. The largest absolute Gasteiger partial charge is 0.490 e. The Balaban J connectivity index is 0.803. The third-order valence-electron chi connectivity index (χ3n) is 13.2. The summed E-state index contributed by atoms with van der Waals surface area (Å²) in [7, 11) is 0. The van der Waals surface area contributed by atoms with Crippen LogP contribution in [0.3, 0.4) is 0 Å². The van der Waals surface area contributed by atoms with Gasteiger partial charge >= 0.3 is 0 Å². The minimum atomic E-state index is -0.913. The van der Waals surface area contributed by atoms with Gasteiger partial charge < -0.3 is 35.2 Å². The molecule has 6 atom stereocenters. The lowest BCUT2D eigenvalue weighted by atomic mass is 9.85. The van der Waals surface area contributed by atoms with Crippen molar-refractivity contribution in [2.45, 2.75) is 103 Å². The number of nitrogens with zero attached hydrogens (tertiary/aromatic N) is 6. The van der Waals surface area contributed by atoms with Gasteiger partial charge in [-0.15, -0.1) is 11.3 Å². The molecular weight excluding hydrogens is 864 g/mol. The molecule has 4 saturated heterocycles. The average Bonchev–Trinajstić information content (AvgIpc) is 3.98. The van der Waals surface area contributed by atoms with E-state index in [2.05, 4.69) is 31.5 Å². The van der Waals surface area contributed by atoms with Crippen LogP contribution in [-0.4, -0.2) is 124 Å². The third kappa shape index (κ3) is 10.5. The van der Waals surface area contributed by atoms with Crippen molar-refractivity contribution in [3.05, 3.63) is 99.6 Å². The minimum absolute atomic E-state index is 0.00684. The summed E-state index contributed by atoms with van der Waals surface area (Å²) in [6.07, 6.45) is 2.57. The standard InChI is InChI=1S/C49H57ClN8O6S/c1-30-44(65-29-53-30)32-7-5-31(6-8-32)26-52-46(61)42-23-38(59)27-57(42)48(63)45(49(2,3)4)54-43(60)28-55-17-19-56(20-18-55)35-12-9-33(10-13-35)47(62)58-36-14-15-37(58)22-40(21-36)64-39-16-11-34(25-51)41(50)24-39/h5-13,16,24,29,36-38,40,42,45,59H,14-15,17-23,26-28H2,1-4H3,(H,52,61)(H,54,60)/t36-,37+,38-,40?,42+,45-/m1/s1. The molecule has 0 radical (unpaired) electrons. The molecule has 1 aromatic heterocycles. The zero-order valence-corrected chi connectivity index (χ0v) is 38.9. The topological polar surface area (TPSA) is 171 Å². The summed E-state index contributed by atoms with van der Waals surface area (Å²) in [5, 5.41) is 26.2. The summed E-state index contributed by atoms with van der Waals surface area (Å²) in [6.45, 7) is 10.6. The molecule has 3 aromatic carbocycles. The van der Waals surface area contributed by atoms with Crippen molar-refractivity contribution in [1.29, 1.82) is 5.26 Å². The number of piperidine rings is 1. The van der Waals surface area contributed by atoms with Crippen LogP contribution in [0.1, 0.15) is 80.1 Å². The number of hydrogen-bond donors (Lipinski definition) is 3. The Labute approximate surface area is 389 Å². The van der Waals surface area contributed by atoms with Crippen molar-refractivity contribution < 1.29 is 29.0 Å². The van der Waals surface area contributed by atoms with E-state index in [9.17, 15) is 29.5 Å². The Morgan fingerprint density at radius 1 is 0.969 bits per heavy atom. The molecule has 4 aliphatic heterocycles. The first-order valence-electron chi connectivity index (χ1n) is 22.5. The van der Waals surface area contributed by atoms with E-state index in [1.54, 1.807) is 29.5 Å². The molecule has 4 fully saturated rings. The Morgan fingerprint density at radius 3 is 2.28 bits per heavy atom. The fourth-order valence-electron chi connectivity index (χ4n) is 9.73. The number of piperazine rings is 1. The zero-order valence-electron chi connectivity index (χ0n) is 37.3. The van der Waals surface area contributed by atoms with Gasteiger partial charge in [0.15, 0.2) is 0 Å². The summed E-state index contributed by atoms with van der Waals surface area (Å²) in [5.74, 6) is -0.358. The minimum Gasteiger partial charge on any atom is -0.490 e. The zero-order chi connectivity index (χ0) is 46.0. The molecule has 65 heavy (non-hydrogen) atoms. The highest BCUT2D eigenvalue weighted by molar-refractivity contribution is 7.13. The van der Waals surface area contributed by atoms with Crippen LogP contribution < -0.4 is 20.3 Å². The van der Waals surface area contributed by atoms with Crippen molar-refractivity contribution in [2.75, 3.05) is 44.2 Å². The Bertz CT molecular complexity index is 2410. The van der Waals surface area contributed by atoms with Gasteiger partial charge in [0.05, 0.1) is 39.3 Å². The van der Waals surface area contributed by atoms with Crippen molar-refractivity contribution in [3.8, 4) is 22.3 Å². The number of carbonyl (C=O) groups excluding carboxylic acids is 4. The molecule has 342 valence electrons. The van der Waals surface area contributed by atoms with E-state index in [-0.39, 0.29) is 62.0 Å². The third-order valence-corrected chi connectivity index (χ3v) is 14.5. The molecule has 0 spiro atoms. The lowest BCUT2D eigenvalue weighted by Gasteiger charge is -2.39. The van der Waals surface area contributed by atoms with Gasteiger partial charge in [-0.2, -0.15) is 5.26 Å². The summed E-state index contributed by atoms with van der Waals surface area (Å²) >= 11 is 7.81. The van der Waals surface area contributed by atoms with Crippen molar-refractivity contribution in [1.82, 2.24) is 30.3 Å². The van der Waals surface area contributed by atoms with Crippen LogP contribution in [0.25, 0.3) is 10.4 Å². The highest BCUT2D eigenvalue weighted by atomic mass is 35.5. The monoisotopic (exact) mass is 920 g/mol. The number of β-amino-alcohol motifs (C(OH)–C–C–N with tert-alkyl or cyclic N) is 1. The molecule has 0 saturated carbocycles. The molecule has 14 nitrogen and oxygen atoms in total. The van der Waals surface area contributed by atoms with Crippen LogP contribution in [0, 0.1) is 23.7 Å². The van der Waals surface area contributed by atoms with Crippen molar-refractivity contribution >= 4 is 52.3 Å². The first-order valence-corrected chi connectivity index (χ1v) is 23.7. The molecule has 5 heterocycles. The molecule has 4 aliphatic rings. The maximum atomic E-state index is 14.2. The van der Waals surface area contributed by atoms with Crippen LogP contribution in [0.15, 0.2) is 72.2 Å². The quantitative estimate of drug-likeness (QED) is 0.158. The fraction of sp³-hybridized carbons (Fsp3) is 0.469. The summed E-state index contributed by atoms with van der Waals surface area (Å²) in [4.78, 5) is 68.3. The van der Waals surface area contributed by atoms with Gasteiger partial charge in [0.25, 0.3) is 5.91 Å². The number of benzene rings is 3. The Kier molecular flexibility index (Phi) is 13.8. The highest BCUT2D eigenvalue weighted by Crippen LogP contribution is 2.39. The fourth-order valence-corrected chi connectivity index (χ4v) is 10.7. The predicted molar refractivity (Wildman–Crippen MR) is 250 cm³/mol. The Morgan fingerprint density at radius 2 is 1.66 bits per heavy atom. The molecule has 4 amide bonds. The normalized spacial score (nSPS) is 22.6. The van der Waals surface area contributed by atoms with Crippen molar-refractivity contribution in [3.63, 3.8) is 0 Å². The van der Waals surface area contributed by atoms with Crippen LogP contribution in [0.2, 0.25) is 5.02 Å². The molecule has 4 aromatic rings. The molecule has 0 aliphatic carbocycles. The second-order valence-electron chi connectivity index (χ2n) is 18.8. The number of halogens is 1. The number of aliphatic hydroxyl groups excluding tert-OH is 1. The molecule has 2 bridgehead atoms. The summed E-state index contributed by atoms with van der Waals surface area (Å²) in [6, 6.07) is 21.3. The summed E-state index contributed by atoms with van der Waals surface area (Å²) < 4.78 is 6.26. The molecule has 1 unspecified atom stereocenters. The number of nitriles is 1. The molecule has 8 rings (SSSR count). The number of rotatable bonds is 12. The van der Waals surface area contributed by atoms with Crippen LogP contribution in [-0.2, 0) is 20.9 Å². The number of anilines is 1. The van der Waals surface area contributed by atoms with E-state index in [1.165, 1.54) is 4.90 Å². The van der Waals surface area contributed by atoms with Gasteiger partial charge in [-0.3, -0.25) is 24.1 Å². The second kappa shape index (κ2) is 19.5. The van der Waals surface area contributed by atoms with E-state index in [4.69, 9.17) is 16.3 Å². The van der Waals surface area contributed by atoms with Crippen LogP contribution in [0.4, 0.5) is 5.69 Å². The van der Waals surface area contributed by atoms with E-state index in [0.717, 1.165) is 53.1 Å². The molecular formula is C49H57ClN8O6S. The van der Waals surface area contributed by atoms with E-state index in [1.807, 2.05) is 86.6 Å². The SMILES string of the molecule is Cc1ncsc1-c1ccc(CNC(=O)[C@@H]2C[C@@H](O)CN2C(=O)[C@@H](NC(=O)CN2CCN(c3ccc(C(=O)N4[C@@H]5CC[C@H]4CC(Oc4ccc(C#N)c(Cl)c4)C5)cc3)CC2)C(C)(C)C)cc1. The predicted octanol–water partition coefficient (Wildman–Crippen LogP) is 5.79. The summed E-state index contributed by atoms with van der Waals surface area (Å²) in [5.41, 5.74) is 6.15. The number of thiazole rings is 1. The Hall–Kier alpha value is -5.53. The number of amides is 4. The average molecular weight is 922 g/mol. The molecule has 3 N–H and O–H groups in total. The number of nitrogens with one attached hydrogen (secondary N) is 2. The van der Waals surface area contributed by atoms with Gasteiger partial charge in [0, 0.05) is 87.9 Å². The highest BCUT2D eigenvalue weighted by Gasteiger charge is 2.46. The first kappa shape index (κ1) is 46.0. The first-order chi connectivity index (χ1) is 31.1. The van der Waals surface area contributed by atoms with Gasteiger partial charge in [0.2, 0.25) is 17.7 Å². The number of hydrogen-bond acceptors (Lipinski definition) is 11. The number of ether oxygens (including phenoxy) is 1.